The van der Waals surface area contributed by atoms with E-state index in [2.05, 4.69) is 34.0 Å². The molecule has 2 aliphatic heterocycles. The smallest absolute Gasteiger partial charge is 0.112 e. The van der Waals surface area contributed by atoms with Gasteiger partial charge in [0.25, 0.3) is 0 Å². The third kappa shape index (κ3) is 2.22. The Morgan fingerprint density at radius 2 is 2.11 bits per heavy atom. The van der Waals surface area contributed by atoms with E-state index in [1.54, 1.807) is 11.3 Å². The number of nitrogens with zero attached hydrogens (tertiary/aromatic N) is 3. The van der Waals surface area contributed by atoms with Gasteiger partial charge in [-0.2, -0.15) is 0 Å². The summed E-state index contributed by atoms with van der Waals surface area (Å²) < 4.78 is 0. The van der Waals surface area contributed by atoms with Gasteiger partial charge in [0.1, 0.15) is 5.01 Å². The van der Waals surface area contributed by atoms with Crippen LogP contribution < -0.4 is 0 Å². The fourth-order valence-electron chi connectivity index (χ4n) is 3.38. The molecule has 0 N–H and O–H groups in total. The Labute approximate surface area is 114 Å². The van der Waals surface area contributed by atoms with Crippen LogP contribution in [0.2, 0.25) is 0 Å². The van der Waals surface area contributed by atoms with Crippen LogP contribution in [-0.4, -0.2) is 47.0 Å². The number of hydrogen-bond donors (Lipinski definition) is 0. The van der Waals surface area contributed by atoms with Crippen molar-refractivity contribution in [1.29, 1.82) is 0 Å². The Bertz CT molecular complexity index is 388. The largest absolute Gasteiger partial charge is 0.299 e. The van der Waals surface area contributed by atoms with Gasteiger partial charge in [-0.25, -0.2) is 4.98 Å². The number of aromatic nitrogens is 1. The molecule has 0 radical (unpaired) electrons. The van der Waals surface area contributed by atoms with Gasteiger partial charge in [0, 0.05) is 30.7 Å². The Morgan fingerprint density at radius 3 is 2.89 bits per heavy atom. The standard InChI is InChI=1S/C14H23N3S/c1-14(2,13-15-6-10-18-13)17-9-4-8-16-7-3-5-12(16)11-17/h6,10,12H,3-5,7-9,11H2,1-2H3. The molecule has 0 amide bonds. The summed E-state index contributed by atoms with van der Waals surface area (Å²) >= 11 is 1.79. The number of rotatable bonds is 2. The van der Waals surface area contributed by atoms with Gasteiger partial charge < -0.3 is 0 Å². The van der Waals surface area contributed by atoms with E-state index in [9.17, 15) is 0 Å². The van der Waals surface area contributed by atoms with Crippen LogP contribution in [0.5, 0.6) is 0 Å². The molecule has 4 heteroatoms. The zero-order valence-corrected chi connectivity index (χ0v) is 12.2. The zero-order valence-electron chi connectivity index (χ0n) is 11.4. The molecule has 0 bridgehead atoms. The van der Waals surface area contributed by atoms with Crippen molar-refractivity contribution in [3.8, 4) is 0 Å². The molecular weight excluding hydrogens is 242 g/mol. The van der Waals surface area contributed by atoms with Gasteiger partial charge in [-0.05, 0) is 46.2 Å². The van der Waals surface area contributed by atoms with Crippen LogP contribution >= 0.6 is 11.3 Å². The van der Waals surface area contributed by atoms with Crippen LogP contribution in [0.25, 0.3) is 0 Å². The van der Waals surface area contributed by atoms with Gasteiger partial charge in [-0.3, -0.25) is 9.80 Å². The molecule has 3 rings (SSSR count). The van der Waals surface area contributed by atoms with Gasteiger partial charge in [0.2, 0.25) is 0 Å². The Morgan fingerprint density at radius 1 is 1.28 bits per heavy atom. The lowest BCUT2D eigenvalue weighted by atomic mass is 10.0. The van der Waals surface area contributed by atoms with Gasteiger partial charge in [-0.1, -0.05) is 0 Å². The van der Waals surface area contributed by atoms with Crippen LogP contribution in [0.4, 0.5) is 0 Å². The third-order valence-corrected chi connectivity index (χ3v) is 5.64. The van der Waals surface area contributed by atoms with Crippen molar-refractivity contribution in [3.05, 3.63) is 16.6 Å². The highest BCUT2D eigenvalue weighted by Crippen LogP contribution is 2.32. The van der Waals surface area contributed by atoms with E-state index in [1.165, 1.54) is 50.4 Å². The molecule has 0 aliphatic carbocycles. The van der Waals surface area contributed by atoms with E-state index in [0.29, 0.717) is 0 Å². The Hall–Kier alpha value is -0.450. The first-order valence-electron chi connectivity index (χ1n) is 7.07. The first-order chi connectivity index (χ1) is 8.68. The normalized spacial score (nSPS) is 27.1. The molecule has 0 saturated carbocycles. The maximum atomic E-state index is 4.54. The lowest BCUT2D eigenvalue weighted by Gasteiger charge is -2.37. The maximum Gasteiger partial charge on any atom is 0.112 e. The third-order valence-electron chi connectivity index (χ3n) is 4.55. The fourth-order valence-corrected chi connectivity index (χ4v) is 4.17. The summed E-state index contributed by atoms with van der Waals surface area (Å²) in [6.07, 6.45) is 5.99. The number of hydrogen-bond acceptors (Lipinski definition) is 4. The summed E-state index contributed by atoms with van der Waals surface area (Å²) in [5.74, 6) is 0. The SMILES string of the molecule is CC(C)(c1nccs1)N1CCCN2CCCC2C1. The lowest BCUT2D eigenvalue weighted by molar-refractivity contribution is 0.107. The molecule has 2 aliphatic rings. The lowest BCUT2D eigenvalue weighted by Crippen LogP contribution is -2.46. The molecule has 1 unspecified atom stereocenters. The highest BCUT2D eigenvalue weighted by molar-refractivity contribution is 7.09. The molecule has 1 aromatic heterocycles. The second-order valence-electron chi connectivity index (χ2n) is 6.03. The van der Waals surface area contributed by atoms with Crippen LogP contribution in [0.15, 0.2) is 11.6 Å². The van der Waals surface area contributed by atoms with Crippen LogP contribution in [-0.2, 0) is 5.54 Å². The summed E-state index contributed by atoms with van der Waals surface area (Å²) in [5, 5.41) is 3.35. The predicted molar refractivity (Wildman–Crippen MR) is 75.9 cm³/mol. The average Bonchev–Trinajstić information content (AvgIpc) is 2.97. The van der Waals surface area contributed by atoms with E-state index in [-0.39, 0.29) is 5.54 Å². The van der Waals surface area contributed by atoms with Crippen molar-refractivity contribution in [3.63, 3.8) is 0 Å². The highest BCUT2D eigenvalue weighted by atomic mass is 32.1. The minimum atomic E-state index is 0.0900. The van der Waals surface area contributed by atoms with Crippen molar-refractivity contribution in [2.24, 2.45) is 0 Å². The van der Waals surface area contributed by atoms with Crippen LogP contribution in [0, 0.1) is 0 Å². The highest BCUT2D eigenvalue weighted by Gasteiger charge is 2.36. The van der Waals surface area contributed by atoms with Gasteiger partial charge in [0.05, 0.1) is 5.54 Å². The molecule has 18 heavy (non-hydrogen) atoms. The van der Waals surface area contributed by atoms with Crippen molar-refractivity contribution < 1.29 is 0 Å². The van der Waals surface area contributed by atoms with E-state index in [1.807, 2.05) is 6.20 Å². The van der Waals surface area contributed by atoms with Gasteiger partial charge >= 0.3 is 0 Å². The molecular formula is C14H23N3S. The molecule has 0 spiro atoms. The Kier molecular flexibility index (Phi) is 3.43. The van der Waals surface area contributed by atoms with Crippen molar-refractivity contribution in [2.45, 2.75) is 44.7 Å². The first kappa shape index (κ1) is 12.6. The Balaban J connectivity index is 1.78. The maximum absolute atomic E-state index is 4.54. The van der Waals surface area contributed by atoms with Crippen LogP contribution in [0.1, 0.15) is 38.1 Å². The van der Waals surface area contributed by atoms with Gasteiger partial charge in [0.15, 0.2) is 0 Å². The summed E-state index contributed by atoms with van der Waals surface area (Å²) in [6, 6.07) is 0.784. The summed E-state index contributed by atoms with van der Waals surface area (Å²) in [4.78, 5) is 9.89. The molecule has 1 atom stereocenters. The minimum Gasteiger partial charge on any atom is -0.299 e. The molecule has 3 heterocycles. The van der Waals surface area contributed by atoms with Gasteiger partial charge in [-0.15, -0.1) is 11.3 Å². The summed E-state index contributed by atoms with van der Waals surface area (Å²) in [5.41, 5.74) is 0.0900. The minimum absolute atomic E-state index is 0.0900. The number of thiazole rings is 1. The predicted octanol–water partition coefficient (Wildman–Crippen LogP) is 2.55. The molecule has 3 nitrogen and oxygen atoms in total. The van der Waals surface area contributed by atoms with Crippen molar-refractivity contribution in [2.75, 3.05) is 26.2 Å². The molecule has 2 fully saturated rings. The molecule has 1 aromatic rings. The van der Waals surface area contributed by atoms with E-state index in [4.69, 9.17) is 0 Å². The zero-order chi connectivity index (χ0) is 12.6. The molecule has 100 valence electrons. The first-order valence-corrected chi connectivity index (χ1v) is 7.95. The monoisotopic (exact) mass is 265 g/mol. The average molecular weight is 265 g/mol. The van der Waals surface area contributed by atoms with E-state index >= 15 is 0 Å². The summed E-state index contributed by atoms with van der Waals surface area (Å²) in [6.45, 7) is 9.68. The van der Waals surface area contributed by atoms with E-state index < -0.39 is 0 Å². The van der Waals surface area contributed by atoms with Crippen LogP contribution in [0.3, 0.4) is 0 Å². The quantitative estimate of drug-likeness (QED) is 0.819. The summed E-state index contributed by atoms with van der Waals surface area (Å²) in [7, 11) is 0. The number of fused-ring (bicyclic) bond motifs is 1. The topological polar surface area (TPSA) is 19.4 Å². The van der Waals surface area contributed by atoms with E-state index in [0.717, 1.165) is 6.04 Å². The van der Waals surface area contributed by atoms with Crippen molar-refractivity contribution in [1.82, 2.24) is 14.8 Å². The van der Waals surface area contributed by atoms with Crippen molar-refractivity contribution >= 4 is 11.3 Å². The second-order valence-corrected chi connectivity index (χ2v) is 6.92. The molecule has 0 aromatic carbocycles. The second kappa shape index (κ2) is 4.91. The molecule has 2 saturated heterocycles. The fraction of sp³-hybridized carbons (Fsp3) is 0.786.